The molecule has 1 heterocycles. The first kappa shape index (κ1) is 9.22. The summed E-state index contributed by atoms with van der Waals surface area (Å²) in [5, 5.41) is 11.9. The molecule has 0 unspecified atom stereocenters. The van der Waals surface area contributed by atoms with Crippen molar-refractivity contribution in [3.8, 4) is 6.07 Å². The van der Waals surface area contributed by atoms with Gasteiger partial charge in [0.05, 0.1) is 0 Å². The van der Waals surface area contributed by atoms with E-state index in [0.29, 0.717) is 5.69 Å². The molecule has 2 aromatic rings. The van der Waals surface area contributed by atoms with Crippen LogP contribution in [-0.4, -0.2) is 4.98 Å². The second-order valence-electron chi connectivity index (χ2n) is 3.03. The van der Waals surface area contributed by atoms with E-state index in [4.69, 9.17) is 5.26 Å². The number of nitriles is 1. The molecule has 0 bridgehead atoms. The van der Waals surface area contributed by atoms with E-state index in [1.165, 1.54) is 0 Å². The van der Waals surface area contributed by atoms with Gasteiger partial charge in [-0.2, -0.15) is 5.26 Å². The van der Waals surface area contributed by atoms with Crippen LogP contribution in [0, 0.1) is 11.3 Å². The molecule has 0 saturated carbocycles. The van der Waals surface area contributed by atoms with Gasteiger partial charge in [0.15, 0.2) is 0 Å². The lowest BCUT2D eigenvalue weighted by Crippen LogP contribution is -1.91. The van der Waals surface area contributed by atoms with Crippen molar-refractivity contribution in [2.24, 2.45) is 0 Å². The number of aromatic nitrogens is 1. The van der Waals surface area contributed by atoms with Gasteiger partial charge in [0, 0.05) is 17.6 Å². The van der Waals surface area contributed by atoms with Crippen LogP contribution in [0.2, 0.25) is 0 Å². The molecule has 2 rings (SSSR count). The Morgan fingerprint density at radius 3 is 2.60 bits per heavy atom. The summed E-state index contributed by atoms with van der Waals surface area (Å²) in [4.78, 5) is 3.90. The van der Waals surface area contributed by atoms with Crippen LogP contribution in [0.5, 0.6) is 0 Å². The number of hydrogen-bond acceptors (Lipinski definition) is 3. The van der Waals surface area contributed by atoms with E-state index >= 15 is 0 Å². The van der Waals surface area contributed by atoms with Crippen LogP contribution in [0.3, 0.4) is 0 Å². The van der Waals surface area contributed by atoms with Gasteiger partial charge in [0.1, 0.15) is 11.8 Å². The van der Waals surface area contributed by atoms with Gasteiger partial charge >= 0.3 is 0 Å². The van der Waals surface area contributed by atoms with Crippen molar-refractivity contribution in [2.75, 3.05) is 5.32 Å². The number of rotatable bonds is 2. The van der Waals surface area contributed by atoms with Crippen molar-refractivity contribution in [3.63, 3.8) is 0 Å². The molecule has 0 radical (unpaired) electrons. The Bertz CT molecular complexity index is 486. The quantitative estimate of drug-likeness (QED) is 0.801. The molecule has 1 N–H and O–H groups in total. The average molecular weight is 195 g/mol. The molecule has 3 heteroatoms. The van der Waals surface area contributed by atoms with Gasteiger partial charge < -0.3 is 5.32 Å². The molecule has 1 aromatic carbocycles. The van der Waals surface area contributed by atoms with Crippen molar-refractivity contribution in [2.45, 2.75) is 0 Å². The highest BCUT2D eigenvalue weighted by Crippen LogP contribution is 2.15. The Kier molecular flexibility index (Phi) is 2.61. The molecule has 3 nitrogen and oxygen atoms in total. The molecule has 0 saturated heterocycles. The van der Waals surface area contributed by atoms with Crippen LogP contribution < -0.4 is 5.32 Å². The van der Waals surface area contributed by atoms with Crippen LogP contribution in [-0.2, 0) is 0 Å². The fourth-order valence-corrected chi connectivity index (χ4v) is 1.26. The van der Waals surface area contributed by atoms with E-state index in [1.807, 2.05) is 42.5 Å². The number of hydrogen-bond donors (Lipinski definition) is 1. The van der Waals surface area contributed by atoms with E-state index in [9.17, 15) is 0 Å². The van der Waals surface area contributed by atoms with Gasteiger partial charge in [0.25, 0.3) is 0 Å². The molecule has 0 amide bonds. The number of anilines is 2. The van der Waals surface area contributed by atoms with Gasteiger partial charge in [-0.1, -0.05) is 18.2 Å². The Morgan fingerprint density at radius 1 is 1.07 bits per heavy atom. The molecule has 72 valence electrons. The van der Waals surface area contributed by atoms with Gasteiger partial charge in [-0.15, -0.1) is 0 Å². The lowest BCUT2D eigenvalue weighted by atomic mass is 10.3. The highest BCUT2D eigenvalue weighted by molar-refractivity contribution is 5.59. The number of nitrogens with one attached hydrogen (secondary N) is 1. The minimum atomic E-state index is 0.413. The summed E-state index contributed by atoms with van der Waals surface area (Å²) in [6.07, 6.45) is 1.61. The predicted molar refractivity (Wildman–Crippen MR) is 58.7 cm³/mol. The maximum atomic E-state index is 8.69. The lowest BCUT2D eigenvalue weighted by Gasteiger charge is -2.05. The summed E-state index contributed by atoms with van der Waals surface area (Å²) >= 11 is 0. The number of para-hydroxylation sites is 1. The summed E-state index contributed by atoms with van der Waals surface area (Å²) in [7, 11) is 0. The maximum Gasteiger partial charge on any atom is 0.142 e. The molecule has 0 aliphatic carbocycles. The third-order valence-corrected chi connectivity index (χ3v) is 1.94. The van der Waals surface area contributed by atoms with Crippen molar-refractivity contribution in [1.29, 1.82) is 5.26 Å². The van der Waals surface area contributed by atoms with E-state index in [-0.39, 0.29) is 0 Å². The van der Waals surface area contributed by atoms with E-state index in [1.54, 1.807) is 12.3 Å². The van der Waals surface area contributed by atoms with Crippen LogP contribution in [0.1, 0.15) is 5.69 Å². The molecule has 0 spiro atoms. The summed E-state index contributed by atoms with van der Waals surface area (Å²) in [5.74, 6) is 0. The Balaban J connectivity index is 2.22. The van der Waals surface area contributed by atoms with Crippen LogP contribution in [0.25, 0.3) is 0 Å². The van der Waals surface area contributed by atoms with Crippen molar-refractivity contribution in [1.82, 2.24) is 4.98 Å². The average Bonchev–Trinajstić information content (AvgIpc) is 2.31. The van der Waals surface area contributed by atoms with Crippen molar-refractivity contribution >= 4 is 11.4 Å². The molecule has 0 aliphatic heterocycles. The molecule has 15 heavy (non-hydrogen) atoms. The Morgan fingerprint density at radius 2 is 1.87 bits per heavy atom. The first-order valence-electron chi connectivity index (χ1n) is 4.57. The smallest absolute Gasteiger partial charge is 0.142 e. The minimum absolute atomic E-state index is 0.413. The normalized spacial score (nSPS) is 9.27. The number of nitrogens with zero attached hydrogens (tertiary/aromatic N) is 2. The fourth-order valence-electron chi connectivity index (χ4n) is 1.26. The van der Waals surface area contributed by atoms with Crippen LogP contribution >= 0.6 is 0 Å². The Hall–Kier alpha value is -2.34. The molecular formula is C12H9N3. The van der Waals surface area contributed by atoms with Gasteiger partial charge in [-0.25, -0.2) is 4.98 Å². The highest BCUT2D eigenvalue weighted by Gasteiger charge is 1.95. The fraction of sp³-hybridized carbons (Fsp3) is 0. The first-order chi connectivity index (χ1) is 7.38. The second kappa shape index (κ2) is 4.25. The number of pyridine rings is 1. The van der Waals surface area contributed by atoms with Crippen LogP contribution in [0.4, 0.5) is 11.4 Å². The minimum Gasteiger partial charge on any atom is -0.355 e. The van der Waals surface area contributed by atoms with Gasteiger partial charge in [-0.05, 0) is 24.3 Å². The Labute approximate surface area is 88.0 Å². The third kappa shape index (κ3) is 2.32. The highest BCUT2D eigenvalue weighted by atomic mass is 14.9. The zero-order valence-electron chi connectivity index (χ0n) is 8.01. The SMILES string of the molecule is N#Cc1cc(Nc2ccccc2)ccn1. The molecule has 0 atom stereocenters. The van der Waals surface area contributed by atoms with Gasteiger partial charge in [0.2, 0.25) is 0 Å². The second-order valence-corrected chi connectivity index (χ2v) is 3.03. The van der Waals surface area contributed by atoms with E-state index < -0.39 is 0 Å². The summed E-state index contributed by atoms with van der Waals surface area (Å²) < 4.78 is 0. The van der Waals surface area contributed by atoms with E-state index in [2.05, 4.69) is 10.3 Å². The molecule has 1 aromatic heterocycles. The topological polar surface area (TPSA) is 48.7 Å². The molecular weight excluding hydrogens is 186 g/mol. The van der Waals surface area contributed by atoms with Crippen molar-refractivity contribution in [3.05, 3.63) is 54.4 Å². The molecule has 0 aliphatic rings. The number of benzene rings is 1. The largest absolute Gasteiger partial charge is 0.355 e. The molecule has 0 fully saturated rings. The summed E-state index contributed by atoms with van der Waals surface area (Å²) in [5.41, 5.74) is 2.27. The van der Waals surface area contributed by atoms with E-state index in [0.717, 1.165) is 11.4 Å². The maximum absolute atomic E-state index is 8.69. The first-order valence-corrected chi connectivity index (χ1v) is 4.57. The summed E-state index contributed by atoms with van der Waals surface area (Å²) in [6, 6.07) is 15.3. The van der Waals surface area contributed by atoms with Crippen molar-refractivity contribution < 1.29 is 0 Å². The predicted octanol–water partition coefficient (Wildman–Crippen LogP) is 2.70. The van der Waals surface area contributed by atoms with Crippen LogP contribution in [0.15, 0.2) is 48.7 Å². The monoisotopic (exact) mass is 195 g/mol. The summed E-state index contributed by atoms with van der Waals surface area (Å²) in [6.45, 7) is 0. The lowest BCUT2D eigenvalue weighted by molar-refractivity contribution is 1.26. The van der Waals surface area contributed by atoms with Gasteiger partial charge in [-0.3, -0.25) is 0 Å². The zero-order valence-corrected chi connectivity index (χ0v) is 8.01. The zero-order chi connectivity index (χ0) is 10.5. The standard InChI is InChI=1S/C12H9N3/c13-9-12-8-11(6-7-14-12)15-10-4-2-1-3-5-10/h1-8H,(H,14,15). The third-order valence-electron chi connectivity index (χ3n) is 1.94.